The topological polar surface area (TPSA) is 24.1 Å². The van der Waals surface area contributed by atoms with Crippen molar-refractivity contribution < 1.29 is 0 Å². The Balaban J connectivity index is 1.68. The van der Waals surface area contributed by atoms with Crippen LogP contribution in [0.2, 0.25) is 0 Å². The highest BCUT2D eigenvalue weighted by molar-refractivity contribution is 7.99. The minimum Gasteiger partial charge on any atom is -0.352 e. The largest absolute Gasteiger partial charge is 0.352 e. The molecule has 4 heteroatoms. The molecular formula is C26H30N2S2. The number of hydrogen-bond donors (Lipinski definition) is 2. The molecule has 2 N–H and O–H groups in total. The molecule has 0 fully saturated rings. The smallest absolute Gasteiger partial charge is 0.171 e. The number of nitrogens with one attached hydrogen (secondary N) is 2. The Labute approximate surface area is 190 Å². The van der Waals surface area contributed by atoms with Gasteiger partial charge in [0.1, 0.15) is 0 Å². The first-order valence-electron chi connectivity index (χ1n) is 10.7. The summed E-state index contributed by atoms with van der Waals surface area (Å²) in [5.41, 5.74) is 9.19. The van der Waals surface area contributed by atoms with Crippen molar-refractivity contribution in [2.75, 3.05) is 11.5 Å². The van der Waals surface area contributed by atoms with Gasteiger partial charge in [-0.05, 0) is 63.5 Å². The fourth-order valence-corrected chi connectivity index (χ4v) is 5.33. The van der Waals surface area contributed by atoms with E-state index in [1.54, 1.807) is 0 Å². The maximum Gasteiger partial charge on any atom is 0.171 e. The highest BCUT2D eigenvalue weighted by Crippen LogP contribution is 2.37. The summed E-state index contributed by atoms with van der Waals surface area (Å²) < 4.78 is 0. The molecule has 2 aromatic carbocycles. The molecule has 2 heterocycles. The van der Waals surface area contributed by atoms with Crippen molar-refractivity contribution in [3.8, 4) is 0 Å². The summed E-state index contributed by atoms with van der Waals surface area (Å²) in [6.07, 6.45) is 2.31. The molecule has 4 rings (SSSR count). The van der Waals surface area contributed by atoms with Crippen molar-refractivity contribution in [2.45, 2.75) is 45.6 Å². The summed E-state index contributed by atoms with van der Waals surface area (Å²) in [5, 5.41) is 7.68. The van der Waals surface area contributed by atoms with Gasteiger partial charge in [0.05, 0.1) is 6.04 Å². The second-order valence-corrected chi connectivity index (χ2v) is 10.1. The zero-order chi connectivity index (χ0) is 21.3. The van der Waals surface area contributed by atoms with Crippen LogP contribution in [-0.2, 0) is 0 Å². The van der Waals surface area contributed by atoms with Crippen LogP contribution < -0.4 is 10.6 Å². The molecule has 156 valence electrons. The van der Waals surface area contributed by atoms with E-state index >= 15 is 0 Å². The minimum absolute atomic E-state index is 0.134. The minimum atomic E-state index is 0.134. The van der Waals surface area contributed by atoms with Gasteiger partial charge >= 0.3 is 0 Å². The highest BCUT2D eigenvalue weighted by Gasteiger charge is 2.30. The maximum absolute atomic E-state index is 5.59. The fourth-order valence-electron chi connectivity index (χ4n) is 4.03. The number of thiocarbonyl (C=S) groups is 1. The number of rotatable bonds is 4. The summed E-state index contributed by atoms with van der Waals surface area (Å²) in [6.45, 7) is 8.93. The quantitative estimate of drug-likeness (QED) is 0.534. The van der Waals surface area contributed by atoms with E-state index in [-0.39, 0.29) is 6.04 Å². The van der Waals surface area contributed by atoms with Gasteiger partial charge < -0.3 is 10.6 Å². The second kappa shape index (κ2) is 8.99. The Morgan fingerprint density at radius 3 is 2.10 bits per heavy atom. The number of thioether (sulfide) groups is 1. The number of allylic oxidation sites excluding steroid dienone is 1. The third-order valence-electron chi connectivity index (χ3n) is 5.90. The van der Waals surface area contributed by atoms with Crippen LogP contribution in [0.25, 0.3) is 6.08 Å². The van der Waals surface area contributed by atoms with E-state index < -0.39 is 0 Å². The molecule has 0 amide bonds. The van der Waals surface area contributed by atoms with Gasteiger partial charge in [0.2, 0.25) is 0 Å². The summed E-state index contributed by atoms with van der Waals surface area (Å²) in [7, 11) is 0. The Kier molecular flexibility index (Phi) is 6.35. The second-order valence-electron chi connectivity index (χ2n) is 8.74. The van der Waals surface area contributed by atoms with Crippen molar-refractivity contribution in [2.24, 2.45) is 0 Å². The molecule has 0 unspecified atom stereocenters. The van der Waals surface area contributed by atoms with E-state index in [2.05, 4.69) is 92.9 Å². The van der Waals surface area contributed by atoms with Gasteiger partial charge in [0.25, 0.3) is 0 Å². The van der Waals surface area contributed by atoms with E-state index in [1.807, 2.05) is 11.8 Å². The zero-order valence-corrected chi connectivity index (χ0v) is 19.8. The molecule has 0 radical (unpaired) electrons. The van der Waals surface area contributed by atoms with Crippen molar-refractivity contribution in [3.05, 3.63) is 87.6 Å². The van der Waals surface area contributed by atoms with Gasteiger partial charge in [-0.2, -0.15) is 11.8 Å². The average Bonchev–Trinajstić information content (AvgIpc) is 2.74. The van der Waals surface area contributed by atoms with Gasteiger partial charge in [-0.1, -0.05) is 76.2 Å². The molecule has 2 nitrogen and oxygen atoms in total. The Hall–Kier alpha value is -2.04. The van der Waals surface area contributed by atoms with Crippen molar-refractivity contribution >= 4 is 35.2 Å². The molecule has 1 atom stereocenters. The molecule has 0 aromatic heterocycles. The molecule has 30 heavy (non-hydrogen) atoms. The predicted octanol–water partition coefficient (Wildman–Crippen LogP) is 6.54. The standard InChI is InChI=1S/C26H30N2S2/c1-16(2)19-7-5-18(6-8-19)13-22-14-30-15-23-24(27-26(29)28-25(22)23)21-11-9-20(10-12-21)17(3)4/h5-13,16-17,24H,14-15H2,1-4H3,(H2,27,28,29)/b22-13+/t24-/m1/s1. The lowest BCUT2D eigenvalue weighted by Crippen LogP contribution is -2.45. The van der Waals surface area contributed by atoms with Crippen molar-refractivity contribution in [3.63, 3.8) is 0 Å². The van der Waals surface area contributed by atoms with Gasteiger partial charge in [0, 0.05) is 17.2 Å². The normalized spacial score (nSPS) is 20.4. The molecule has 2 aliphatic rings. The van der Waals surface area contributed by atoms with Crippen molar-refractivity contribution in [1.29, 1.82) is 0 Å². The fraction of sp³-hybridized carbons (Fsp3) is 0.346. The molecule has 0 saturated carbocycles. The first-order chi connectivity index (χ1) is 14.4. The first-order valence-corrected chi connectivity index (χ1v) is 12.3. The van der Waals surface area contributed by atoms with Crippen molar-refractivity contribution in [1.82, 2.24) is 10.6 Å². The molecule has 0 aliphatic carbocycles. The number of benzene rings is 2. The van der Waals surface area contributed by atoms with E-state index in [0.717, 1.165) is 11.5 Å². The molecule has 2 aromatic rings. The summed E-state index contributed by atoms with van der Waals surface area (Å²) in [6, 6.07) is 18.1. The van der Waals surface area contributed by atoms with E-state index in [0.29, 0.717) is 16.9 Å². The van der Waals surface area contributed by atoms with E-state index in [4.69, 9.17) is 12.2 Å². The van der Waals surface area contributed by atoms with Crippen LogP contribution in [0, 0.1) is 0 Å². The lowest BCUT2D eigenvalue weighted by Gasteiger charge is -2.36. The van der Waals surface area contributed by atoms with Crippen LogP contribution in [0.4, 0.5) is 0 Å². The maximum atomic E-state index is 5.59. The lowest BCUT2D eigenvalue weighted by molar-refractivity contribution is 0.693. The Bertz CT molecular complexity index is 983. The van der Waals surface area contributed by atoms with E-state index in [1.165, 1.54) is 39.1 Å². The predicted molar refractivity (Wildman–Crippen MR) is 135 cm³/mol. The average molecular weight is 435 g/mol. The van der Waals surface area contributed by atoms with Gasteiger partial charge in [-0.25, -0.2) is 0 Å². The van der Waals surface area contributed by atoms with Crippen LogP contribution in [0.1, 0.15) is 67.8 Å². The lowest BCUT2D eigenvalue weighted by atomic mass is 9.91. The summed E-state index contributed by atoms with van der Waals surface area (Å²) >= 11 is 7.57. The molecule has 0 saturated heterocycles. The number of hydrogen-bond acceptors (Lipinski definition) is 2. The molecular weight excluding hydrogens is 404 g/mol. The summed E-state index contributed by atoms with van der Waals surface area (Å²) in [4.78, 5) is 0. The van der Waals surface area contributed by atoms with Crippen LogP contribution >= 0.6 is 24.0 Å². The van der Waals surface area contributed by atoms with Crippen LogP contribution in [-0.4, -0.2) is 16.6 Å². The third-order valence-corrected chi connectivity index (χ3v) is 7.15. The van der Waals surface area contributed by atoms with Crippen LogP contribution in [0.5, 0.6) is 0 Å². The highest BCUT2D eigenvalue weighted by atomic mass is 32.2. The SMILES string of the molecule is CC(C)c1ccc(/C=C2\CSCC3=C2NC(=S)N[C@@H]3c2ccc(C(C)C)cc2)cc1. The first kappa shape index (κ1) is 21.2. The van der Waals surface area contributed by atoms with E-state index in [9.17, 15) is 0 Å². The van der Waals surface area contributed by atoms with Gasteiger partial charge in [0.15, 0.2) is 5.11 Å². The Morgan fingerprint density at radius 1 is 0.900 bits per heavy atom. The molecule has 0 bridgehead atoms. The monoisotopic (exact) mass is 434 g/mol. The Morgan fingerprint density at radius 2 is 1.50 bits per heavy atom. The van der Waals surface area contributed by atoms with Gasteiger partial charge in [-0.15, -0.1) is 0 Å². The van der Waals surface area contributed by atoms with Crippen LogP contribution in [0.15, 0.2) is 65.4 Å². The zero-order valence-electron chi connectivity index (χ0n) is 18.2. The summed E-state index contributed by atoms with van der Waals surface area (Å²) in [5.74, 6) is 3.10. The molecule has 2 aliphatic heterocycles. The molecule has 0 spiro atoms. The van der Waals surface area contributed by atoms with Gasteiger partial charge in [-0.3, -0.25) is 0 Å². The third kappa shape index (κ3) is 4.50. The van der Waals surface area contributed by atoms with Crippen LogP contribution in [0.3, 0.4) is 0 Å².